The van der Waals surface area contributed by atoms with Crippen molar-refractivity contribution in [3.63, 3.8) is 0 Å². The van der Waals surface area contributed by atoms with Crippen LogP contribution in [-0.2, 0) is 0 Å². The van der Waals surface area contributed by atoms with Gasteiger partial charge < -0.3 is 16.2 Å². The maximum absolute atomic E-state index is 10.5. The fourth-order valence-electron chi connectivity index (χ4n) is 1.03. The Morgan fingerprint density at radius 1 is 1.57 bits per heavy atom. The predicted octanol–water partition coefficient (Wildman–Crippen LogP) is 0.671. The van der Waals surface area contributed by atoms with Gasteiger partial charge in [-0.05, 0) is 6.07 Å². The van der Waals surface area contributed by atoms with Gasteiger partial charge in [-0.1, -0.05) is 0 Å². The van der Waals surface area contributed by atoms with Crippen molar-refractivity contribution in [2.24, 2.45) is 5.73 Å². The van der Waals surface area contributed by atoms with Gasteiger partial charge in [0.2, 0.25) is 0 Å². The van der Waals surface area contributed by atoms with Crippen molar-refractivity contribution in [1.29, 1.82) is 0 Å². The molecule has 1 rings (SSSR count). The van der Waals surface area contributed by atoms with Gasteiger partial charge in [0.25, 0.3) is 5.69 Å². The van der Waals surface area contributed by atoms with E-state index in [0.29, 0.717) is 13.1 Å². The summed E-state index contributed by atoms with van der Waals surface area (Å²) in [7, 11) is 0. The van der Waals surface area contributed by atoms with Crippen LogP contribution in [0.1, 0.15) is 0 Å². The van der Waals surface area contributed by atoms with E-state index in [0.717, 1.165) is 0 Å². The Labute approximate surface area is 80.5 Å². The smallest absolute Gasteiger partial charge is 0.292 e. The van der Waals surface area contributed by atoms with Gasteiger partial charge >= 0.3 is 0 Å². The molecule has 6 nitrogen and oxygen atoms in total. The number of nitrogens with zero attached hydrogens (tertiary/aromatic N) is 1. The number of nitro groups is 1. The number of rotatable bonds is 4. The molecule has 4 N–H and O–H groups in total. The van der Waals surface area contributed by atoms with E-state index in [2.05, 4.69) is 5.32 Å². The van der Waals surface area contributed by atoms with Crippen LogP contribution in [0.3, 0.4) is 0 Å². The molecule has 0 saturated heterocycles. The highest BCUT2D eigenvalue weighted by Crippen LogP contribution is 2.27. The first-order valence-corrected chi connectivity index (χ1v) is 4.06. The minimum Gasteiger partial charge on any atom is -0.508 e. The van der Waals surface area contributed by atoms with Crippen LogP contribution in [-0.4, -0.2) is 23.1 Å². The van der Waals surface area contributed by atoms with Crippen LogP contribution in [0.2, 0.25) is 0 Å². The zero-order valence-electron chi connectivity index (χ0n) is 7.43. The number of benzene rings is 1. The summed E-state index contributed by atoms with van der Waals surface area (Å²) >= 11 is 0. The Kier molecular flexibility index (Phi) is 3.24. The van der Waals surface area contributed by atoms with Crippen LogP contribution in [0.4, 0.5) is 11.4 Å². The highest BCUT2D eigenvalue weighted by atomic mass is 16.6. The molecule has 0 radical (unpaired) electrons. The first-order valence-electron chi connectivity index (χ1n) is 4.06. The molecule has 1 aromatic rings. The van der Waals surface area contributed by atoms with Crippen molar-refractivity contribution >= 4 is 11.4 Å². The Bertz CT molecular complexity index is 341. The molecule has 0 heterocycles. The zero-order chi connectivity index (χ0) is 10.6. The topological polar surface area (TPSA) is 101 Å². The van der Waals surface area contributed by atoms with E-state index in [9.17, 15) is 10.1 Å². The van der Waals surface area contributed by atoms with Crippen LogP contribution < -0.4 is 11.1 Å². The number of aromatic hydroxyl groups is 1. The van der Waals surface area contributed by atoms with Crippen LogP contribution >= 0.6 is 0 Å². The Morgan fingerprint density at radius 3 is 2.86 bits per heavy atom. The maximum Gasteiger partial charge on any atom is 0.292 e. The highest BCUT2D eigenvalue weighted by molar-refractivity contribution is 5.63. The van der Waals surface area contributed by atoms with Crippen molar-refractivity contribution in [2.75, 3.05) is 18.4 Å². The molecule has 0 fully saturated rings. The van der Waals surface area contributed by atoms with E-state index >= 15 is 0 Å². The van der Waals surface area contributed by atoms with Crippen LogP contribution in [0.25, 0.3) is 0 Å². The van der Waals surface area contributed by atoms with Gasteiger partial charge in [0.1, 0.15) is 11.4 Å². The third-order valence-electron chi connectivity index (χ3n) is 1.64. The second-order valence-corrected chi connectivity index (χ2v) is 2.67. The molecule has 0 unspecified atom stereocenters. The van der Waals surface area contributed by atoms with Gasteiger partial charge in [0.05, 0.1) is 4.92 Å². The zero-order valence-corrected chi connectivity index (χ0v) is 7.43. The van der Waals surface area contributed by atoms with Gasteiger partial charge in [0, 0.05) is 25.2 Å². The van der Waals surface area contributed by atoms with Gasteiger partial charge in [-0.3, -0.25) is 10.1 Å². The third kappa shape index (κ3) is 2.33. The van der Waals surface area contributed by atoms with Crippen molar-refractivity contribution in [2.45, 2.75) is 0 Å². The fourth-order valence-corrected chi connectivity index (χ4v) is 1.03. The summed E-state index contributed by atoms with van der Waals surface area (Å²) in [4.78, 5) is 10.0. The van der Waals surface area contributed by atoms with Gasteiger partial charge in [-0.15, -0.1) is 0 Å². The molecule has 0 bridgehead atoms. The standard InChI is InChI=1S/C8H11N3O3/c9-3-4-10-7-5-6(12)1-2-8(7)11(13)14/h1-2,5,10,12H,3-4,9H2. The molecule has 0 aliphatic rings. The van der Waals surface area contributed by atoms with E-state index in [1.807, 2.05) is 0 Å². The number of nitro benzene ring substituents is 1. The Hall–Kier alpha value is -1.82. The fraction of sp³-hybridized carbons (Fsp3) is 0.250. The molecule has 14 heavy (non-hydrogen) atoms. The lowest BCUT2D eigenvalue weighted by Gasteiger charge is -2.05. The van der Waals surface area contributed by atoms with E-state index < -0.39 is 4.92 Å². The third-order valence-corrected chi connectivity index (χ3v) is 1.64. The summed E-state index contributed by atoms with van der Waals surface area (Å²) in [6, 6.07) is 3.81. The molecule has 0 amide bonds. The van der Waals surface area contributed by atoms with Crippen molar-refractivity contribution in [3.05, 3.63) is 28.3 Å². The number of nitrogens with two attached hydrogens (primary N) is 1. The summed E-state index contributed by atoms with van der Waals surface area (Å²) in [6.07, 6.45) is 0. The van der Waals surface area contributed by atoms with Crippen LogP contribution in [0.15, 0.2) is 18.2 Å². The minimum absolute atomic E-state index is 0.0184. The molecule has 6 heteroatoms. The van der Waals surface area contributed by atoms with E-state index in [-0.39, 0.29) is 17.1 Å². The number of anilines is 1. The first kappa shape index (κ1) is 10.3. The number of nitrogens with one attached hydrogen (secondary N) is 1. The van der Waals surface area contributed by atoms with E-state index in [1.54, 1.807) is 0 Å². The Morgan fingerprint density at radius 2 is 2.29 bits per heavy atom. The largest absolute Gasteiger partial charge is 0.508 e. The highest BCUT2D eigenvalue weighted by Gasteiger charge is 2.12. The van der Waals surface area contributed by atoms with Gasteiger partial charge in [-0.25, -0.2) is 0 Å². The molecule has 0 saturated carbocycles. The number of phenols is 1. The second-order valence-electron chi connectivity index (χ2n) is 2.67. The van der Waals surface area contributed by atoms with Crippen molar-refractivity contribution in [3.8, 4) is 5.75 Å². The normalized spacial score (nSPS) is 9.79. The predicted molar refractivity (Wildman–Crippen MR) is 52.3 cm³/mol. The van der Waals surface area contributed by atoms with Crippen LogP contribution in [0.5, 0.6) is 5.75 Å². The monoisotopic (exact) mass is 197 g/mol. The van der Waals surface area contributed by atoms with Crippen molar-refractivity contribution < 1.29 is 10.0 Å². The van der Waals surface area contributed by atoms with E-state index in [4.69, 9.17) is 10.8 Å². The summed E-state index contributed by atoms with van der Waals surface area (Å²) < 4.78 is 0. The summed E-state index contributed by atoms with van der Waals surface area (Å²) in [5.41, 5.74) is 5.45. The van der Waals surface area contributed by atoms with Crippen molar-refractivity contribution in [1.82, 2.24) is 0 Å². The van der Waals surface area contributed by atoms with E-state index in [1.165, 1.54) is 18.2 Å². The molecule has 0 atom stereocenters. The number of hydrogen-bond acceptors (Lipinski definition) is 5. The lowest BCUT2D eigenvalue weighted by atomic mass is 10.2. The minimum atomic E-state index is -0.516. The molecule has 0 aliphatic heterocycles. The summed E-state index contributed by atoms with van der Waals surface area (Å²) in [5, 5.41) is 22.4. The summed E-state index contributed by atoms with van der Waals surface area (Å²) in [5.74, 6) is -0.0184. The first-order chi connectivity index (χ1) is 6.65. The number of hydrogen-bond donors (Lipinski definition) is 3. The van der Waals surface area contributed by atoms with Crippen LogP contribution in [0, 0.1) is 10.1 Å². The molecule has 0 aliphatic carbocycles. The Balaban J connectivity index is 2.97. The molecule has 1 aromatic carbocycles. The lowest BCUT2D eigenvalue weighted by Crippen LogP contribution is -2.13. The average molecular weight is 197 g/mol. The lowest BCUT2D eigenvalue weighted by molar-refractivity contribution is -0.384. The molecule has 76 valence electrons. The molecule has 0 aromatic heterocycles. The SMILES string of the molecule is NCCNc1cc(O)ccc1[N+](=O)[O-]. The number of phenolic OH excluding ortho intramolecular Hbond substituents is 1. The molecule has 0 spiro atoms. The van der Waals surface area contributed by atoms with Gasteiger partial charge in [0.15, 0.2) is 0 Å². The second kappa shape index (κ2) is 4.43. The molecular weight excluding hydrogens is 186 g/mol. The van der Waals surface area contributed by atoms with Gasteiger partial charge in [-0.2, -0.15) is 0 Å². The summed E-state index contributed by atoms with van der Waals surface area (Å²) in [6.45, 7) is 0.789. The quantitative estimate of drug-likeness (QED) is 0.486. The molecular formula is C8H11N3O3. The average Bonchev–Trinajstić information content (AvgIpc) is 2.14. The maximum atomic E-state index is 10.5.